The van der Waals surface area contributed by atoms with Crippen LogP contribution in [0.2, 0.25) is 0 Å². The second kappa shape index (κ2) is 6.58. The van der Waals surface area contributed by atoms with Gasteiger partial charge in [0, 0.05) is 36.9 Å². The molecule has 0 N–H and O–H groups in total. The Morgan fingerprint density at radius 3 is 2.17 bits per heavy atom. The lowest BCUT2D eigenvalue weighted by atomic mass is 10.0. The summed E-state index contributed by atoms with van der Waals surface area (Å²) in [6.07, 6.45) is 20.0. The van der Waals surface area contributed by atoms with E-state index in [2.05, 4.69) is 22.8 Å². The van der Waals surface area contributed by atoms with Gasteiger partial charge in [-0.1, -0.05) is 30.1 Å². The van der Waals surface area contributed by atoms with Crippen LogP contribution in [0.5, 0.6) is 0 Å². The molecule has 1 heteroatoms. The molecule has 0 bridgehead atoms. The Bertz CT molecular complexity index is 513. The Kier molecular flexibility index (Phi) is 5.09. The highest BCUT2D eigenvalue weighted by molar-refractivity contribution is 5.49. The van der Waals surface area contributed by atoms with Gasteiger partial charge in [0.15, 0.2) is 0 Å². The molecule has 0 aromatic carbocycles. The fourth-order valence-electron chi connectivity index (χ4n) is 2.06. The van der Waals surface area contributed by atoms with Gasteiger partial charge in [0.1, 0.15) is 0 Å². The summed E-state index contributed by atoms with van der Waals surface area (Å²) in [6.45, 7) is 4.77. The average molecular weight is 237 g/mol. The highest BCUT2D eigenvalue weighted by atomic mass is 15.1. The number of hydrogen-bond acceptors (Lipinski definition) is 1. The first kappa shape index (κ1) is 13.9. The molecule has 0 saturated carbocycles. The molecule has 0 unspecified atom stereocenters. The number of likely N-dealkylation sites (N-methyl/N-ethyl adjacent to an activating group) is 1. The van der Waals surface area contributed by atoms with Gasteiger partial charge in [-0.25, -0.2) is 0 Å². The van der Waals surface area contributed by atoms with E-state index in [9.17, 15) is 0 Å². The largest absolute Gasteiger partial charge is 0.369 e. The highest BCUT2D eigenvalue weighted by Crippen LogP contribution is 2.26. The Morgan fingerprint density at radius 1 is 1.06 bits per heavy atom. The Morgan fingerprint density at radius 2 is 1.67 bits per heavy atom. The van der Waals surface area contributed by atoms with Gasteiger partial charge >= 0.3 is 0 Å². The van der Waals surface area contributed by atoms with Crippen molar-refractivity contribution in [1.82, 2.24) is 4.90 Å². The summed E-state index contributed by atoms with van der Waals surface area (Å²) in [7, 11) is 2.04. The smallest absolute Gasteiger partial charge is 0.0484 e. The SMILES string of the molecule is C#CC1=C(/C=C\C)CN(C)C(/C=C\C)=C(C#C)C1. The molecule has 0 saturated heterocycles. The molecule has 0 amide bonds. The Labute approximate surface area is 111 Å². The molecule has 0 aliphatic carbocycles. The second-order valence-corrected chi connectivity index (χ2v) is 4.19. The molecule has 1 aliphatic heterocycles. The average Bonchev–Trinajstić information content (AvgIpc) is 2.49. The fraction of sp³-hybridized carbons (Fsp3) is 0.294. The third kappa shape index (κ3) is 2.96. The molecular weight excluding hydrogens is 218 g/mol. The maximum absolute atomic E-state index is 5.61. The highest BCUT2D eigenvalue weighted by Gasteiger charge is 2.16. The molecule has 1 nitrogen and oxygen atoms in total. The molecular formula is C17H19N. The molecule has 0 aromatic rings. The standard InChI is InChI=1S/C17H19N/c1-6-10-16-13-18(5)17(11-7-2)15(9-4)12-14(16)8-3/h3-4,6-7,10-11H,12-13H2,1-2,5H3/b10-6-,11-7-. The van der Waals surface area contributed by atoms with Gasteiger partial charge in [-0.15, -0.1) is 12.8 Å². The zero-order valence-corrected chi connectivity index (χ0v) is 11.3. The lowest BCUT2D eigenvalue weighted by molar-refractivity contribution is 0.471. The summed E-state index contributed by atoms with van der Waals surface area (Å²) >= 11 is 0. The van der Waals surface area contributed by atoms with Crippen molar-refractivity contribution in [2.45, 2.75) is 20.3 Å². The van der Waals surface area contributed by atoms with E-state index < -0.39 is 0 Å². The zero-order valence-electron chi connectivity index (χ0n) is 11.3. The predicted molar refractivity (Wildman–Crippen MR) is 78.6 cm³/mol. The van der Waals surface area contributed by atoms with Crippen molar-refractivity contribution in [3.63, 3.8) is 0 Å². The summed E-state index contributed by atoms with van der Waals surface area (Å²) in [5, 5.41) is 0. The Balaban J connectivity index is 3.31. The number of allylic oxidation sites excluding steroid dienone is 5. The summed E-state index contributed by atoms with van der Waals surface area (Å²) < 4.78 is 0. The minimum Gasteiger partial charge on any atom is -0.369 e. The third-order valence-electron chi connectivity index (χ3n) is 2.91. The summed E-state index contributed by atoms with van der Waals surface area (Å²) in [4.78, 5) is 2.15. The number of nitrogens with zero attached hydrogens (tertiary/aromatic N) is 1. The van der Waals surface area contributed by atoms with Gasteiger partial charge in [-0.3, -0.25) is 0 Å². The topological polar surface area (TPSA) is 3.24 Å². The predicted octanol–water partition coefficient (Wildman–Crippen LogP) is 3.29. The molecule has 1 rings (SSSR count). The zero-order chi connectivity index (χ0) is 13.5. The van der Waals surface area contributed by atoms with E-state index in [1.54, 1.807) is 0 Å². The normalized spacial score (nSPS) is 17.3. The quantitative estimate of drug-likeness (QED) is 0.666. The molecule has 0 radical (unpaired) electrons. The third-order valence-corrected chi connectivity index (χ3v) is 2.91. The first-order valence-corrected chi connectivity index (χ1v) is 6.02. The van der Waals surface area contributed by atoms with E-state index in [0.717, 1.165) is 29.0 Å². The van der Waals surface area contributed by atoms with E-state index in [1.807, 2.05) is 39.1 Å². The lowest BCUT2D eigenvalue weighted by Gasteiger charge is -2.20. The van der Waals surface area contributed by atoms with Gasteiger partial charge < -0.3 is 4.90 Å². The molecule has 1 heterocycles. The van der Waals surface area contributed by atoms with Crippen LogP contribution >= 0.6 is 0 Å². The molecule has 18 heavy (non-hydrogen) atoms. The monoisotopic (exact) mass is 237 g/mol. The van der Waals surface area contributed by atoms with Crippen molar-refractivity contribution in [3.05, 3.63) is 46.7 Å². The van der Waals surface area contributed by atoms with Crippen LogP contribution in [0.4, 0.5) is 0 Å². The summed E-state index contributed by atoms with van der Waals surface area (Å²) in [6, 6.07) is 0. The van der Waals surface area contributed by atoms with Gasteiger partial charge in [-0.05, 0) is 25.5 Å². The van der Waals surface area contributed by atoms with Crippen LogP contribution in [0.3, 0.4) is 0 Å². The first-order chi connectivity index (χ1) is 8.67. The van der Waals surface area contributed by atoms with E-state index >= 15 is 0 Å². The van der Waals surface area contributed by atoms with Crippen LogP contribution < -0.4 is 0 Å². The second-order valence-electron chi connectivity index (χ2n) is 4.19. The summed E-state index contributed by atoms with van der Waals surface area (Å²) in [5.74, 6) is 5.54. The summed E-state index contributed by atoms with van der Waals surface area (Å²) in [5.41, 5.74) is 4.16. The van der Waals surface area contributed by atoms with Crippen LogP contribution in [0.25, 0.3) is 0 Å². The molecule has 0 spiro atoms. The number of hydrogen-bond donors (Lipinski definition) is 0. The van der Waals surface area contributed by atoms with E-state index in [0.29, 0.717) is 6.42 Å². The van der Waals surface area contributed by atoms with Gasteiger partial charge in [-0.2, -0.15) is 0 Å². The van der Waals surface area contributed by atoms with Gasteiger partial charge in [0.05, 0.1) is 0 Å². The van der Waals surface area contributed by atoms with Crippen LogP contribution in [0.15, 0.2) is 46.7 Å². The van der Waals surface area contributed by atoms with Crippen LogP contribution in [0, 0.1) is 24.7 Å². The van der Waals surface area contributed by atoms with Gasteiger partial charge in [0.2, 0.25) is 0 Å². The molecule has 92 valence electrons. The van der Waals surface area contributed by atoms with E-state index in [4.69, 9.17) is 12.8 Å². The molecule has 0 fully saturated rings. The Hall–Kier alpha value is -2.12. The van der Waals surface area contributed by atoms with Gasteiger partial charge in [0.25, 0.3) is 0 Å². The minimum atomic E-state index is 0.663. The molecule has 0 aromatic heterocycles. The minimum absolute atomic E-state index is 0.663. The maximum Gasteiger partial charge on any atom is 0.0484 e. The van der Waals surface area contributed by atoms with Crippen LogP contribution in [-0.4, -0.2) is 18.5 Å². The van der Waals surface area contributed by atoms with Crippen LogP contribution in [-0.2, 0) is 0 Å². The van der Waals surface area contributed by atoms with E-state index in [1.165, 1.54) is 0 Å². The van der Waals surface area contributed by atoms with Crippen LogP contribution in [0.1, 0.15) is 20.3 Å². The van der Waals surface area contributed by atoms with Crippen molar-refractivity contribution in [1.29, 1.82) is 0 Å². The lowest BCUT2D eigenvalue weighted by Crippen LogP contribution is -2.19. The maximum atomic E-state index is 5.61. The van der Waals surface area contributed by atoms with Crippen molar-refractivity contribution >= 4 is 0 Å². The van der Waals surface area contributed by atoms with Crippen molar-refractivity contribution in [2.75, 3.05) is 13.6 Å². The van der Waals surface area contributed by atoms with Crippen molar-refractivity contribution in [3.8, 4) is 24.7 Å². The fourth-order valence-corrected chi connectivity index (χ4v) is 2.06. The van der Waals surface area contributed by atoms with Crippen molar-refractivity contribution < 1.29 is 0 Å². The number of terminal acetylenes is 2. The molecule has 0 atom stereocenters. The first-order valence-electron chi connectivity index (χ1n) is 6.02. The van der Waals surface area contributed by atoms with Crippen molar-refractivity contribution in [2.24, 2.45) is 0 Å². The molecule has 1 aliphatic rings. The number of rotatable bonds is 2. The van der Waals surface area contributed by atoms with E-state index in [-0.39, 0.29) is 0 Å².